The summed E-state index contributed by atoms with van der Waals surface area (Å²) in [6.45, 7) is 3.93. The molecule has 0 bridgehead atoms. The molecule has 1 aliphatic rings. The molecular formula is C14H17Cl2FN4O. The van der Waals surface area contributed by atoms with Gasteiger partial charge in [0.2, 0.25) is 5.28 Å². The van der Waals surface area contributed by atoms with Crippen LogP contribution in [0, 0.1) is 11.7 Å². The molecule has 120 valence electrons. The summed E-state index contributed by atoms with van der Waals surface area (Å²) < 4.78 is 14.0. The predicted molar refractivity (Wildman–Crippen MR) is 86.1 cm³/mol. The van der Waals surface area contributed by atoms with Gasteiger partial charge in [-0.3, -0.25) is 0 Å². The fraction of sp³-hybridized carbons (Fsp3) is 0.500. The molecule has 0 amide bonds. The lowest BCUT2D eigenvalue weighted by molar-refractivity contribution is 0.399. The van der Waals surface area contributed by atoms with Gasteiger partial charge in [-0.2, -0.15) is 4.98 Å². The van der Waals surface area contributed by atoms with E-state index in [4.69, 9.17) is 28.3 Å². The number of hydrogen-bond acceptors (Lipinski definition) is 5. The van der Waals surface area contributed by atoms with E-state index in [1.54, 1.807) is 0 Å². The Labute approximate surface area is 138 Å². The van der Waals surface area contributed by atoms with E-state index >= 15 is 0 Å². The molecule has 2 aromatic rings. The van der Waals surface area contributed by atoms with Gasteiger partial charge < -0.3 is 10.0 Å². The largest absolute Gasteiger partial charge is 0.400 e. The predicted octanol–water partition coefficient (Wildman–Crippen LogP) is 3.32. The van der Waals surface area contributed by atoms with Crippen molar-refractivity contribution in [2.75, 3.05) is 25.1 Å². The summed E-state index contributed by atoms with van der Waals surface area (Å²) in [6.07, 6.45) is 3.77. The van der Waals surface area contributed by atoms with E-state index < -0.39 is 5.82 Å². The van der Waals surface area contributed by atoms with Crippen LogP contribution < -0.4 is 4.90 Å². The molecule has 1 atom stereocenters. The zero-order valence-corrected chi connectivity index (χ0v) is 13.9. The normalized spacial score (nSPS) is 18.1. The molecule has 3 rings (SSSR count). The van der Waals surface area contributed by atoms with E-state index in [0.717, 1.165) is 26.6 Å². The Balaban J connectivity index is 0.000000847. The summed E-state index contributed by atoms with van der Waals surface area (Å²) in [5, 5.41) is 7.36. The molecule has 1 fully saturated rings. The minimum Gasteiger partial charge on any atom is -0.400 e. The van der Waals surface area contributed by atoms with Gasteiger partial charge >= 0.3 is 0 Å². The van der Waals surface area contributed by atoms with E-state index in [0.29, 0.717) is 17.1 Å². The van der Waals surface area contributed by atoms with Crippen LogP contribution >= 0.6 is 23.2 Å². The van der Waals surface area contributed by atoms with E-state index in [1.165, 1.54) is 12.6 Å². The summed E-state index contributed by atoms with van der Waals surface area (Å²) >= 11 is 11.6. The van der Waals surface area contributed by atoms with Crippen molar-refractivity contribution in [1.29, 1.82) is 0 Å². The molecule has 0 aliphatic carbocycles. The molecule has 5 nitrogen and oxygen atoms in total. The minimum atomic E-state index is -0.653. The molecule has 0 spiro atoms. The van der Waals surface area contributed by atoms with Crippen molar-refractivity contribution >= 4 is 39.9 Å². The van der Waals surface area contributed by atoms with Crippen LogP contribution in [0.1, 0.15) is 19.8 Å². The van der Waals surface area contributed by atoms with Crippen molar-refractivity contribution in [3.63, 3.8) is 0 Å². The Morgan fingerprint density at radius 1 is 1.32 bits per heavy atom. The van der Waals surface area contributed by atoms with Gasteiger partial charge in [-0.25, -0.2) is 14.4 Å². The lowest BCUT2D eigenvalue weighted by Crippen LogP contribution is -2.35. The van der Waals surface area contributed by atoms with Crippen LogP contribution in [0.2, 0.25) is 10.4 Å². The molecule has 1 saturated heterocycles. The number of piperidine rings is 1. The second-order valence-corrected chi connectivity index (χ2v) is 5.83. The summed E-state index contributed by atoms with van der Waals surface area (Å²) in [5.41, 5.74) is 0.123. The number of nitrogens with zero attached hydrogens (tertiary/aromatic N) is 4. The van der Waals surface area contributed by atoms with Crippen molar-refractivity contribution in [3.8, 4) is 0 Å². The molecule has 1 aliphatic heterocycles. The molecular weight excluding hydrogens is 330 g/mol. The number of anilines is 1. The monoisotopic (exact) mass is 346 g/mol. The lowest BCUT2D eigenvalue weighted by Gasteiger charge is -2.32. The first-order valence-corrected chi connectivity index (χ1v) is 7.68. The van der Waals surface area contributed by atoms with Crippen LogP contribution in [0.4, 0.5) is 10.2 Å². The number of fused-ring (bicyclic) bond motifs is 1. The average molecular weight is 347 g/mol. The second kappa shape index (κ2) is 7.35. The van der Waals surface area contributed by atoms with Crippen molar-refractivity contribution in [2.45, 2.75) is 19.8 Å². The number of pyridine rings is 1. The third kappa shape index (κ3) is 3.39. The van der Waals surface area contributed by atoms with Gasteiger partial charge in [-0.1, -0.05) is 18.5 Å². The molecule has 3 heterocycles. The first kappa shape index (κ1) is 17.1. The Bertz CT molecular complexity index is 671. The molecule has 1 N–H and O–H groups in total. The quantitative estimate of drug-likeness (QED) is 0.633. The highest BCUT2D eigenvalue weighted by Crippen LogP contribution is 2.31. The Hall–Kier alpha value is -1.24. The van der Waals surface area contributed by atoms with Crippen LogP contribution in [0.15, 0.2) is 6.20 Å². The van der Waals surface area contributed by atoms with Gasteiger partial charge in [-0.05, 0) is 30.4 Å². The standard InChI is InChI=1S/C13H13Cl2FN4.CH4O/c1-7-3-2-4-20(6-7)12-8-5-17-11(14)9(16)10(8)18-13(15)19-12;1-2/h5,7H,2-4,6H2,1H3;2H,1H3. The molecule has 8 heteroatoms. The topological polar surface area (TPSA) is 62.1 Å². The molecule has 2 aromatic heterocycles. The highest BCUT2D eigenvalue weighted by Gasteiger charge is 2.22. The maximum Gasteiger partial charge on any atom is 0.225 e. The second-order valence-electron chi connectivity index (χ2n) is 5.13. The summed E-state index contributed by atoms with van der Waals surface area (Å²) in [5.74, 6) is 0.548. The van der Waals surface area contributed by atoms with Crippen LogP contribution in [0.5, 0.6) is 0 Å². The molecule has 0 radical (unpaired) electrons. The van der Waals surface area contributed by atoms with Crippen LogP contribution in [-0.2, 0) is 0 Å². The van der Waals surface area contributed by atoms with E-state index in [9.17, 15) is 4.39 Å². The van der Waals surface area contributed by atoms with Crippen molar-refractivity contribution in [1.82, 2.24) is 15.0 Å². The first-order chi connectivity index (χ1) is 10.6. The maximum atomic E-state index is 14.0. The number of rotatable bonds is 1. The van der Waals surface area contributed by atoms with E-state index in [1.807, 2.05) is 0 Å². The van der Waals surface area contributed by atoms with Crippen LogP contribution in [0.25, 0.3) is 10.9 Å². The van der Waals surface area contributed by atoms with Gasteiger partial charge in [0.1, 0.15) is 11.3 Å². The molecule has 0 aromatic carbocycles. The fourth-order valence-corrected chi connectivity index (χ4v) is 2.92. The fourth-order valence-electron chi connectivity index (χ4n) is 2.62. The van der Waals surface area contributed by atoms with Crippen molar-refractivity contribution < 1.29 is 9.50 Å². The molecule has 0 saturated carbocycles. The number of aliphatic hydroxyl groups excluding tert-OH is 1. The van der Waals surface area contributed by atoms with Gasteiger partial charge in [0.25, 0.3) is 0 Å². The van der Waals surface area contributed by atoms with Gasteiger partial charge in [0.05, 0.1) is 5.39 Å². The Morgan fingerprint density at radius 3 is 2.73 bits per heavy atom. The maximum absolute atomic E-state index is 14.0. The van der Waals surface area contributed by atoms with Gasteiger partial charge in [0.15, 0.2) is 11.0 Å². The Kier molecular flexibility index (Phi) is 5.72. The number of halogens is 3. The minimum absolute atomic E-state index is 0.0203. The zero-order valence-electron chi connectivity index (χ0n) is 12.4. The zero-order chi connectivity index (χ0) is 16.3. The average Bonchev–Trinajstić information content (AvgIpc) is 2.53. The van der Waals surface area contributed by atoms with Crippen LogP contribution in [-0.4, -0.2) is 40.3 Å². The highest BCUT2D eigenvalue weighted by atomic mass is 35.5. The third-order valence-electron chi connectivity index (χ3n) is 3.55. The van der Waals surface area contributed by atoms with E-state index in [2.05, 4.69) is 26.8 Å². The highest BCUT2D eigenvalue weighted by molar-refractivity contribution is 6.30. The SMILES string of the molecule is CC1CCCN(c2nc(Cl)nc3c(F)c(Cl)ncc23)C1.CO. The first-order valence-electron chi connectivity index (χ1n) is 6.93. The van der Waals surface area contributed by atoms with Gasteiger partial charge in [0, 0.05) is 26.4 Å². The number of aromatic nitrogens is 3. The van der Waals surface area contributed by atoms with Crippen molar-refractivity contribution in [3.05, 3.63) is 22.5 Å². The smallest absolute Gasteiger partial charge is 0.225 e. The molecule has 1 unspecified atom stereocenters. The van der Waals surface area contributed by atoms with Crippen molar-refractivity contribution in [2.24, 2.45) is 5.92 Å². The van der Waals surface area contributed by atoms with Gasteiger partial charge in [-0.15, -0.1) is 0 Å². The molecule has 22 heavy (non-hydrogen) atoms. The summed E-state index contributed by atoms with van der Waals surface area (Å²) in [6, 6.07) is 0. The number of aliphatic hydroxyl groups is 1. The lowest BCUT2D eigenvalue weighted by atomic mass is 10.0. The van der Waals surface area contributed by atoms with E-state index in [-0.39, 0.29) is 16.0 Å². The van der Waals surface area contributed by atoms with Crippen LogP contribution in [0.3, 0.4) is 0 Å². The summed E-state index contributed by atoms with van der Waals surface area (Å²) in [7, 11) is 1.00. The Morgan fingerprint density at radius 2 is 2.05 bits per heavy atom. The third-order valence-corrected chi connectivity index (χ3v) is 3.98. The number of hydrogen-bond donors (Lipinski definition) is 1. The summed E-state index contributed by atoms with van der Waals surface area (Å²) in [4.78, 5) is 14.2.